The molecule has 0 aliphatic rings. The lowest BCUT2D eigenvalue weighted by atomic mass is 10.2. The summed E-state index contributed by atoms with van der Waals surface area (Å²) in [6.07, 6.45) is 1.66. The number of hydrogen-bond acceptors (Lipinski definition) is 4. The van der Waals surface area contributed by atoms with Gasteiger partial charge in [0.1, 0.15) is 11.0 Å². The number of aromatic nitrogens is 2. The highest BCUT2D eigenvalue weighted by Crippen LogP contribution is 2.16. The van der Waals surface area contributed by atoms with E-state index in [1.54, 1.807) is 18.3 Å². The van der Waals surface area contributed by atoms with Crippen molar-refractivity contribution in [3.8, 4) is 0 Å². The predicted molar refractivity (Wildman–Crippen MR) is 70.6 cm³/mol. The minimum Gasteiger partial charge on any atom is -0.384 e. The fourth-order valence-corrected chi connectivity index (χ4v) is 1.67. The Morgan fingerprint density at radius 3 is 2.89 bits per heavy atom. The van der Waals surface area contributed by atoms with Crippen molar-refractivity contribution in [3.05, 3.63) is 46.9 Å². The van der Waals surface area contributed by atoms with E-state index in [0.717, 1.165) is 5.69 Å². The molecule has 0 aromatic carbocycles. The molecule has 6 heteroatoms. The Morgan fingerprint density at radius 2 is 2.22 bits per heavy atom. The van der Waals surface area contributed by atoms with Crippen LogP contribution in [0.25, 0.3) is 0 Å². The van der Waals surface area contributed by atoms with Crippen molar-refractivity contribution >= 4 is 29.0 Å². The number of aryl methyl sites for hydroxylation is 1. The number of nitrogens with zero attached hydrogens (tertiary/aromatic N) is 2. The van der Waals surface area contributed by atoms with E-state index < -0.39 is 0 Å². The van der Waals surface area contributed by atoms with Crippen LogP contribution in [-0.2, 0) is 0 Å². The van der Waals surface area contributed by atoms with Gasteiger partial charge in [-0.3, -0.25) is 9.78 Å². The lowest BCUT2D eigenvalue weighted by Gasteiger charge is -2.07. The molecule has 2 rings (SSSR count). The molecule has 0 spiro atoms. The van der Waals surface area contributed by atoms with Gasteiger partial charge in [0, 0.05) is 11.8 Å². The third-order valence-electron chi connectivity index (χ3n) is 2.33. The molecule has 0 saturated heterocycles. The van der Waals surface area contributed by atoms with E-state index in [2.05, 4.69) is 15.3 Å². The molecule has 1 amide bonds. The maximum atomic E-state index is 12.0. The topological polar surface area (TPSA) is 80.9 Å². The zero-order chi connectivity index (χ0) is 13.1. The van der Waals surface area contributed by atoms with Crippen molar-refractivity contribution in [3.63, 3.8) is 0 Å². The average Bonchev–Trinajstić information content (AvgIpc) is 2.31. The second kappa shape index (κ2) is 5.01. The Balaban J connectivity index is 2.25. The minimum atomic E-state index is -0.304. The summed E-state index contributed by atoms with van der Waals surface area (Å²) >= 11 is 5.74. The molecule has 2 heterocycles. The second-order valence-electron chi connectivity index (χ2n) is 3.69. The molecule has 0 atom stereocenters. The van der Waals surface area contributed by atoms with Crippen molar-refractivity contribution in [1.29, 1.82) is 0 Å². The number of hydrogen-bond donors (Lipinski definition) is 2. The van der Waals surface area contributed by atoms with Crippen LogP contribution in [0.1, 0.15) is 16.1 Å². The van der Waals surface area contributed by atoms with E-state index in [0.29, 0.717) is 11.3 Å². The molecule has 0 saturated carbocycles. The van der Waals surface area contributed by atoms with Crippen molar-refractivity contribution < 1.29 is 4.79 Å². The molecular formula is C12H11ClN4O. The molecule has 5 nitrogen and oxygen atoms in total. The molecule has 3 N–H and O–H groups in total. The fourth-order valence-electron chi connectivity index (χ4n) is 1.46. The van der Waals surface area contributed by atoms with E-state index in [4.69, 9.17) is 17.3 Å². The van der Waals surface area contributed by atoms with Gasteiger partial charge in [-0.1, -0.05) is 11.6 Å². The molecule has 92 valence electrons. The van der Waals surface area contributed by atoms with E-state index in [1.807, 2.05) is 6.92 Å². The summed E-state index contributed by atoms with van der Waals surface area (Å²) in [6.45, 7) is 1.81. The van der Waals surface area contributed by atoms with E-state index in [1.165, 1.54) is 12.1 Å². The normalized spacial score (nSPS) is 10.1. The Kier molecular flexibility index (Phi) is 3.43. The Morgan fingerprint density at radius 1 is 1.44 bits per heavy atom. The van der Waals surface area contributed by atoms with Crippen LogP contribution in [0.5, 0.6) is 0 Å². The zero-order valence-corrected chi connectivity index (χ0v) is 10.4. The molecule has 2 aromatic rings. The maximum Gasteiger partial charge on any atom is 0.255 e. The van der Waals surface area contributed by atoms with Gasteiger partial charge < -0.3 is 11.1 Å². The van der Waals surface area contributed by atoms with Gasteiger partial charge in [-0.05, 0) is 31.2 Å². The first-order chi connectivity index (χ1) is 8.56. The van der Waals surface area contributed by atoms with Crippen LogP contribution >= 0.6 is 11.6 Å². The Bertz CT molecular complexity index is 580. The van der Waals surface area contributed by atoms with Gasteiger partial charge in [0.15, 0.2) is 0 Å². The highest BCUT2D eigenvalue weighted by atomic mass is 35.5. The number of nitrogens with two attached hydrogens (primary N) is 1. The minimum absolute atomic E-state index is 0.183. The number of nitrogen functional groups attached to an aromatic ring is 1. The van der Waals surface area contributed by atoms with Crippen LogP contribution in [0.3, 0.4) is 0 Å². The summed E-state index contributed by atoms with van der Waals surface area (Å²) < 4.78 is 0. The maximum absolute atomic E-state index is 12.0. The molecular weight excluding hydrogens is 252 g/mol. The van der Waals surface area contributed by atoms with Gasteiger partial charge >= 0.3 is 0 Å². The van der Waals surface area contributed by atoms with Gasteiger partial charge in [0.05, 0.1) is 11.4 Å². The van der Waals surface area contributed by atoms with Crippen LogP contribution < -0.4 is 11.1 Å². The number of nitrogens with one attached hydrogen (secondary N) is 1. The molecule has 18 heavy (non-hydrogen) atoms. The number of rotatable bonds is 2. The first kappa shape index (κ1) is 12.3. The fraction of sp³-hybridized carbons (Fsp3) is 0.0833. The zero-order valence-electron chi connectivity index (χ0n) is 9.64. The quantitative estimate of drug-likeness (QED) is 0.814. The lowest BCUT2D eigenvalue weighted by molar-refractivity contribution is 0.102. The third kappa shape index (κ3) is 2.75. The SMILES string of the molecule is Cc1ncccc1NC(=O)c1cc(N)nc(Cl)c1. The molecule has 0 bridgehead atoms. The van der Waals surface area contributed by atoms with Crippen LogP contribution in [0.4, 0.5) is 11.5 Å². The number of carbonyl (C=O) groups excluding carboxylic acids is 1. The molecule has 0 unspecified atom stereocenters. The third-order valence-corrected chi connectivity index (χ3v) is 2.52. The van der Waals surface area contributed by atoms with Crippen molar-refractivity contribution in [2.45, 2.75) is 6.92 Å². The molecule has 2 aromatic heterocycles. The van der Waals surface area contributed by atoms with Crippen molar-refractivity contribution in [2.75, 3.05) is 11.1 Å². The first-order valence-electron chi connectivity index (χ1n) is 5.22. The molecule has 0 radical (unpaired) electrons. The largest absolute Gasteiger partial charge is 0.384 e. The van der Waals surface area contributed by atoms with E-state index in [-0.39, 0.29) is 16.9 Å². The second-order valence-corrected chi connectivity index (χ2v) is 4.08. The van der Waals surface area contributed by atoms with Gasteiger partial charge in [0.25, 0.3) is 5.91 Å². The number of amides is 1. The number of carbonyl (C=O) groups is 1. The monoisotopic (exact) mass is 262 g/mol. The summed E-state index contributed by atoms with van der Waals surface area (Å²) in [6, 6.07) is 6.44. The van der Waals surface area contributed by atoms with Crippen molar-refractivity contribution in [2.24, 2.45) is 0 Å². The van der Waals surface area contributed by atoms with Gasteiger partial charge in [0.2, 0.25) is 0 Å². The standard InChI is InChI=1S/C12H11ClN4O/c1-7-9(3-2-4-15-7)16-12(18)8-5-10(13)17-11(14)6-8/h2-6H,1H3,(H2,14,17)(H,16,18). The van der Waals surface area contributed by atoms with Gasteiger partial charge in [-0.25, -0.2) is 4.98 Å². The predicted octanol–water partition coefficient (Wildman–Crippen LogP) is 2.27. The van der Waals surface area contributed by atoms with Gasteiger partial charge in [-0.2, -0.15) is 0 Å². The molecule has 0 fully saturated rings. The van der Waals surface area contributed by atoms with Crippen LogP contribution in [0.2, 0.25) is 5.15 Å². The molecule has 0 aliphatic carbocycles. The summed E-state index contributed by atoms with van der Waals surface area (Å²) in [5.41, 5.74) is 7.27. The average molecular weight is 263 g/mol. The van der Waals surface area contributed by atoms with Crippen LogP contribution in [0.15, 0.2) is 30.5 Å². The smallest absolute Gasteiger partial charge is 0.255 e. The number of pyridine rings is 2. The van der Waals surface area contributed by atoms with E-state index in [9.17, 15) is 4.79 Å². The van der Waals surface area contributed by atoms with Crippen LogP contribution in [0, 0.1) is 6.92 Å². The summed E-state index contributed by atoms with van der Waals surface area (Å²) in [7, 11) is 0. The summed E-state index contributed by atoms with van der Waals surface area (Å²) in [5, 5.41) is 2.92. The highest BCUT2D eigenvalue weighted by Gasteiger charge is 2.10. The lowest BCUT2D eigenvalue weighted by Crippen LogP contribution is -2.13. The van der Waals surface area contributed by atoms with Gasteiger partial charge in [-0.15, -0.1) is 0 Å². The Hall–Kier alpha value is -2.14. The van der Waals surface area contributed by atoms with Crippen molar-refractivity contribution in [1.82, 2.24) is 9.97 Å². The van der Waals surface area contributed by atoms with E-state index >= 15 is 0 Å². The summed E-state index contributed by atoms with van der Waals surface area (Å²) in [5.74, 6) is -0.0994. The van der Waals surface area contributed by atoms with Crippen LogP contribution in [-0.4, -0.2) is 15.9 Å². The first-order valence-corrected chi connectivity index (χ1v) is 5.60. The molecule has 0 aliphatic heterocycles. The number of anilines is 2. The summed E-state index contributed by atoms with van der Waals surface area (Å²) in [4.78, 5) is 19.9. The highest BCUT2D eigenvalue weighted by molar-refractivity contribution is 6.30. The Labute approximate surface area is 109 Å². The number of halogens is 1.